The summed E-state index contributed by atoms with van der Waals surface area (Å²) in [6.45, 7) is 7.96. The number of carboxylic acid groups (broad SMARTS) is 1. The third-order valence-electron chi connectivity index (χ3n) is 9.95. The number of carbonyl (C=O) groups is 1. The van der Waals surface area contributed by atoms with Crippen LogP contribution in [0.25, 0.3) is 33.2 Å². The summed E-state index contributed by atoms with van der Waals surface area (Å²) in [5, 5.41) is 14.4. The fraction of sp³-hybridized carbons (Fsp3) is 0.361. The summed E-state index contributed by atoms with van der Waals surface area (Å²) in [6.07, 6.45) is 4.82. The SMILES string of the molecule is Cc1ccc(S(=O)(=O)n2cc(-c3nc(NC4C5CCC(CC5)C4C(=O)O)c4cccc(C(C)(C)C)c4n3)c3cc(F)cc(F)c32)cc1. The van der Waals surface area contributed by atoms with Gasteiger partial charge in [0.2, 0.25) is 0 Å². The van der Waals surface area contributed by atoms with Crippen molar-refractivity contribution in [3.05, 3.63) is 83.6 Å². The largest absolute Gasteiger partial charge is 0.481 e. The lowest BCUT2D eigenvalue weighted by Gasteiger charge is -2.47. The van der Waals surface area contributed by atoms with Crippen molar-refractivity contribution in [1.82, 2.24) is 13.9 Å². The second-order valence-corrected chi connectivity index (χ2v) is 15.8. The molecule has 47 heavy (non-hydrogen) atoms. The van der Waals surface area contributed by atoms with Crippen LogP contribution in [0.5, 0.6) is 0 Å². The summed E-state index contributed by atoms with van der Waals surface area (Å²) in [5.74, 6) is -2.68. The lowest BCUT2D eigenvalue weighted by Crippen LogP contribution is -2.51. The van der Waals surface area contributed by atoms with E-state index in [1.165, 1.54) is 18.3 Å². The Kier molecular flexibility index (Phi) is 7.38. The minimum atomic E-state index is -4.32. The van der Waals surface area contributed by atoms with Crippen molar-refractivity contribution in [2.45, 2.75) is 69.7 Å². The molecule has 244 valence electrons. The maximum absolute atomic E-state index is 15.6. The predicted molar refractivity (Wildman–Crippen MR) is 177 cm³/mol. The van der Waals surface area contributed by atoms with Gasteiger partial charge in [0.05, 0.1) is 16.3 Å². The van der Waals surface area contributed by atoms with Gasteiger partial charge < -0.3 is 10.4 Å². The van der Waals surface area contributed by atoms with Crippen LogP contribution in [0.3, 0.4) is 0 Å². The van der Waals surface area contributed by atoms with Crippen molar-refractivity contribution in [2.75, 3.05) is 5.32 Å². The van der Waals surface area contributed by atoms with E-state index < -0.39 is 33.5 Å². The number of rotatable bonds is 6. The predicted octanol–water partition coefficient (Wildman–Crippen LogP) is 7.67. The molecule has 3 aromatic carbocycles. The lowest BCUT2D eigenvalue weighted by molar-refractivity contribution is -0.148. The van der Waals surface area contributed by atoms with Gasteiger partial charge in [-0.1, -0.05) is 50.6 Å². The number of anilines is 1. The van der Waals surface area contributed by atoms with Crippen molar-refractivity contribution in [2.24, 2.45) is 17.8 Å². The van der Waals surface area contributed by atoms with Crippen molar-refractivity contribution < 1.29 is 27.1 Å². The van der Waals surface area contributed by atoms with Crippen molar-refractivity contribution in [1.29, 1.82) is 0 Å². The zero-order chi connectivity index (χ0) is 33.4. The molecule has 11 heteroatoms. The summed E-state index contributed by atoms with van der Waals surface area (Å²) in [7, 11) is -4.32. The summed E-state index contributed by atoms with van der Waals surface area (Å²) in [5.41, 5.74) is 1.76. The molecular weight excluding hydrogens is 622 g/mol. The van der Waals surface area contributed by atoms with E-state index in [-0.39, 0.29) is 50.5 Å². The quantitative estimate of drug-likeness (QED) is 0.192. The highest BCUT2D eigenvalue weighted by molar-refractivity contribution is 7.90. The number of carboxylic acids is 1. The average Bonchev–Trinajstić information content (AvgIpc) is 3.41. The molecule has 3 saturated carbocycles. The van der Waals surface area contributed by atoms with Crippen LogP contribution in [0.4, 0.5) is 14.6 Å². The minimum absolute atomic E-state index is 0.00291. The van der Waals surface area contributed by atoms with E-state index in [0.29, 0.717) is 22.8 Å². The van der Waals surface area contributed by atoms with Gasteiger partial charge in [0.25, 0.3) is 10.0 Å². The summed E-state index contributed by atoms with van der Waals surface area (Å²) in [6, 6.07) is 13.3. The van der Waals surface area contributed by atoms with Gasteiger partial charge in [-0.3, -0.25) is 4.79 Å². The van der Waals surface area contributed by atoms with Gasteiger partial charge in [0.15, 0.2) is 11.6 Å². The number of nitrogens with one attached hydrogen (secondary N) is 1. The number of para-hydroxylation sites is 1. The molecule has 3 aliphatic rings. The lowest BCUT2D eigenvalue weighted by atomic mass is 9.61. The average molecular weight is 659 g/mol. The van der Waals surface area contributed by atoms with Gasteiger partial charge in [-0.2, -0.15) is 0 Å². The molecule has 0 saturated heterocycles. The number of fused-ring (bicyclic) bond motifs is 5. The number of aromatic nitrogens is 3. The number of aliphatic carboxylic acids is 1. The smallest absolute Gasteiger partial charge is 0.308 e. The van der Waals surface area contributed by atoms with Crippen LogP contribution >= 0.6 is 0 Å². The Labute approximate surface area is 271 Å². The Bertz CT molecular complexity index is 2170. The molecule has 0 radical (unpaired) electrons. The van der Waals surface area contributed by atoms with Gasteiger partial charge >= 0.3 is 5.97 Å². The van der Waals surface area contributed by atoms with Crippen molar-refractivity contribution >= 4 is 43.6 Å². The Morgan fingerprint density at radius 2 is 1.64 bits per heavy atom. The zero-order valence-electron chi connectivity index (χ0n) is 26.6. The normalized spacial score (nSPS) is 21.4. The molecule has 3 fully saturated rings. The molecule has 2 N–H and O–H groups in total. The Morgan fingerprint density at radius 3 is 2.30 bits per heavy atom. The maximum atomic E-state index is 15.6. The van der Waals surface area contributed by atoms with Crippen LogP contribution in [-0.2, 0) is 20.2 Å². The highest BCUT2D eigenvalue weighted by Crippen LogP contribution is 2.47. The summed E-state index contributed by atoms with van der Waals surface area (Å²) in [4.78, 5) is 22.3. The molecule has 3 aliphatic carbocycles. The monoisotopic (exact) mass is 658 g/mol. The fourth-order valence-corrected chi connectivity index (χ4v) is 8.97. The highest BCUT2D eigenvalue weighted by Gasteiger charge is 2.47. The van der Waals surface area contributed by atoms with Crippen LogP contribution in [-0.4, -0.2) is 39.5 Å². The van der Waals surface area contributed by atoms with Crippen LogP contribution in [0.2, 0.25) is 0 Å². The maximum Gasteiger partial charge on any atom is 0.308 e. The molecule has 2 aromatic heterocycles. The van der Waals surface area contributed by atoms with Gasteiger partial charge in [0, 0.05) is 34.6 Å². The molecule has 8 nitrogen and oxygen atoms in total. The van der Waals surface area contributed by atoms with E-state index >= 15 is 4.39 Å². The first-order valence-corrected chi connectivity index (χ1v) is 17.3. The standard InChI is InChI=1S/C36H36F2N4O4S/c1-19-8-14-23(15-9-19)47(45,46)42-18-26(25-16-22(37)17-28(38)32(25)42)34-40-31-24(6-5-7-27(31)36(2,3)4)33(41-34)39-30-21-12-10-20(11-13-21)29(30)35(43)44/h5-9,14-18,20-21,29-30H,10-13H2,1-4H3,(H,43,44)(H,39,40,41). The van der Waals surface area contributed by atoms with Crippen molar-refractivity contribution in [3.63, 3.8) is 0 Å². The number of benzene rings is 3. The molecule has 5 aromatic rings. The Balaban J connectivity index is 1.48. The first-order valence-electron chi connectivity index (χ1n) is 15.9. The van der Waals surface area contributed by atoms with Crippen LogP contribution in [0, 0.1) is 36.3 Å². The number of halogens is 2. The number of aryl methyl sites for hydroxylation is 1. The second-order valence-electron chi connectivity index (χ2n) is 14.0. The summed E-state index contributed by atoms with van der Waals surface area (Å²) >= 11 is 0. The van der Waals surface area contributed by atoms with E-state index in [0.717, 1.165) is 46.8 Å². The van der Waals surface area contributed by atoms with E-state index in [1.54, 1.807) is 12.1 Å². The molecule has 0 aliphatic heterocycles. The molecular formula is C36H36F2N4O4S. The van der Waals surface area contributed by atoms with Crippen molar-refractivity contribution in [3.8, 4) is 11.4 Å². The van der Waals surface area contributed by atoms with Gasteiger partial charge in [-0.25, -0.2) is 31.1 Å². The number of hydrogen-bond donors (Lipinski definition) is 2. The third kappa shape index (κ3) is 5.24. The van der Waals surface area contributed by atoms with Gasteiger partial charge in [-0.15, -0.1) is 0 Å². The second kappa shape index (κ2) is 11.1. The summed E-state index contributed by atoms with van der Waals surface area (Å²) < 4.78 is 59.1. The molecule has 0 spiro atoms. The van der Waals surface area contributed by atoms with E-state index in [9.17, 15) is 22.7 Å². The number of nitrogens with zero attached hydrogens (tertiary/aromatic N) is 3. The Hall–Kier alpha value is -4.38. The van der Waals surface area contributed by atoms with E-state index in [2.05, 4.69) is 5.32 Å². The van der Waals surface area contributed by atoms with E-state index in [4.69, 9.17) is 9.97 Å². The molecule has 2 bridgehead atoms. The number of hydrogen-bond acceptors (Lipinski definition) is 6. The topological polar surface area (TPSA) is 114 Å². The highest BCUT2D eigenvalue weighted by atomic mass is 32.2. The first-order chi connectivity index (χ1) is 22.2. The molecule has 2 unspecified atom stereocenters. The van der Waals surface area contributed by atoms with Gasteiger partial charge in [-0.05, 0) is 79.7 Å². The van der Waals surface area contributed by atoms with Gasteiger partial charge in [0.1, 0.15) is 17.2 Å². The van der Waals surface area contributed by atoms with E-state index in [1.807, 2.05) is 45.9 Å². The zero-order valence-corrected chi connectivity index (χ0v) is 27.4. The molecule has 8 rings (SSSR count). The van der Waals surface area contributed by atoms with Crippen LogP contribution in [0.15, 0.2) is 65.7 Å². The molecule has 2 heterocycles. The minimum Gasteiger partial charge on any atom is -0.481 e. The molecule has 0 amide bonds. The Morgan fingerprint density at radius 1 is 0.957 bits per heavy atom. The first kappa shape index (κ1) is 31.2. The fourth-order valence-electron chi connectivity index (χ4n) is 7.60. The van der Waals surface area contributed by atoms with Crippen LogP contribution in [0.1, 0.15) is 57.6 Å². The molecule has 2 atom stereocenters. The third-order valence-corrected chi connectivity index (χ3v) is 11.6. The van der Waals surface area contributed by atoms with Crippen LogP contribution < -0.4 is 5.32 Å².